The van der Waals surface area contributed by atoms with Gasteiger partial charge in [-0.15, -0.1) is 0 Å². The minimum atomic E-state index is -3.67. The number of carbonyl (C=O) groups excluding carboxylic acids is 1. The van der Waals surface area contributed by atoms with Crippen LogP contribution in [-0.2, 0) is 14.8 Å². The van der Waals surface area contributed by atoms with Gasteiger partial charge in [0.05, 0.1) is 11.9 Å². The summed E-state index contributed by atoms with van der Waals surface area (Å²) in [4.78, 5) is 12.2. The van der Waals surface area contributed by atoms with Gasteiger partial charge in [-0.1, -0.05) is 44.2 Å². The number of para-hydroxylation sites is 3. The van der Waals surface area contributed by atoms with Crippen molar-refractivity contribution in [2.24, 2.45) is 5.92 Å². The van der Waals surface area contributed by atoms with E-state index in [2.05, 4.69) is 5.32 Å². The lowest BCUT2D eigenvalue weighted by Gasteiger charge is -2.24. The Morgan fingerprint density at radius 3 is 2.31 bits per heavy atom. The second-order valence-corrected chi connectivity index (χ2v) is 8.26. The van der Waals surface area contributed by atoms with Crippen molar-refractivity contribution in [2.75, 3.05) is 23.7 Å². The minimum Gasteiger partial charge on any atom is -0.455 e. The maximum atomic E-state index is 12.3. The van der Waals surface area contributed by atoms with Crippen LogP contribution in [0.2, 0.25) is 0 Å². The lowest BCUT2D eigenvalue weighted by atomic mass is 10.2. The molecule has 0 radical (unpaired) electrons. The van der Waals surface area contributed by atoms with Crippen LogP contribution in [-0.4, -0.2) is 33.7 Å². The number of ether oxygens (including phenoxy) is 1. The van der Waals surface area contributed by atoms with E-state index in [-0.39, 0.29) is 18.4 Å². The molecule has 1 N–H and O–H groups in total. The second kappa shape index (κ2) is 8.71. The van der Waals surface area contributed by atoms with Crippen LogP contribution in [0.5, 0.6) is 11.5 Å². The Morgan fingerprint density at radius 2 is 1.69 bits per heavy atom. The molecule has 0 saturated carbocycles. The van der Waals surface area contributed by atoms with Crippen LogP contribution in [0.1, 0.15) is 13.8 Å². The molecule has 0 aliphatic heterocycles. The summed E-state index contributed by atoms with van der Waals surface area (Å²) in [6, 6.07) is 15.8. The molecule has 1 amide bonds. The maximum Gasteiger partial charge on any atom is 0.240 e. The minimum absolute atomic E-state index is 0.277. The van der Waals surface area contributed by atoms with E-state index in [9.17, 15) is 13.2 Å². The Kier molecular flexibility index (Phi) is 6.63. The molecule has 0 atom stereocenters. The van der Waals surface area contributed by atoms with Crippen molar-refractivity contribution in [2.45, 2.75) is 13.8 Å². The van der Waals surface area contributed by atoms with Gasteiger partial charge in [-0.2, -0.15) is 0 Å². The average Bonchev–Trinajstić information content (AvgIpc) is 2.58. The molecule has 0 saturated heterocycles. The van der Waals surface area contributed by atoms with Crippen LogP contribution in [0.25, 0.3) is 0 Å². The highest BCUT2D eigenvalue weighted by molar-refractivity contribution is 7.92. The molecule has 2 aromatic carbocycles. The second-order valence-electron chi connectivity index (χ2n) is 6.35. The summed E-state index contributed by atoms with van der Waals surface area (Å²) < 4.78 is 31.5. The van der Waals surface area contributed by atoms with Gasteiger partial charge in [-0.05, 0) is 30.2 Å². The van der Waals surface area contributed by atoms with E-state index in [1.165, 1.54) is 0 Å². The quantitative estimate of drug-likeness (QED) is 0.768. The summed E-state index contributed by atoms with van der Waals surface area (Å²) in [5.41, 5.74) is 0.318. The number of amides is 1. The first-order valence-corrected chi connectivity index (χ1v) is 10.2. The highest BCUT2D eigenvalue weighted by atomic mass is 32.2. The molecular formula is C19H24N2O4S. The predicted molar refractivity (Wildman–Crippen MR) is 103 cm³/mol. The summed E-state index contributed by atoms with van der Waals surface area (Å²) in [5, 5.41) is 2.74. The largest absolute Gasteiger partial charge is 0.455 e. The average molecular weight is 376 g/mol. The molecular weight excluding hydrogens is 352 g/mol. The Balaban J connectivity index is 2.30. The van der Waals surface area contributed by atoms with Gasteiger partial charge in [-0.3, -0.25) is 9.10 Å². The third kappa shape index (κ3) is 5.77. The SMILES string of the molecule is CC(C)CNC(=O)CN(c1ccccc1Oc1ccccc1)S(C)(=O)=O. The zero-order chi connectivity index (χ0) is 19.2. The summed E-state index contributed by atoms with van der Waals surface area (Å²) in [6.07, 6.45) is 1.07. The normalized spacial score (nSPS) is 11.2. The third-order valence-electron chi connectivity index (χ3n) is 3.50. The molecule has 140 valence electrons. The van der Waals surface area contributed by atoms with Crippen molar-refractivity contribution in [3.8, 4) is 11.5 Å². The first-order chi connectivity index (χ1) is 12.3. The van der Waals surface area contributed by atoms with E-state index in [0.717, 1.165) is 10.6 Å². The molecule has 2 aromatic rings. The fourth-order valence-corrected chi connectivity index (χ4v) is 3.11. The first-order valence-electron chi connectivity index (χ1n) is 8.33. The number of nitrogens with one attached hydrogen (secondary N) is 1. The highest BCUT2D eigenvalue weighted by Gasteiger charge is 2.24. The fraction of sp³-hybridized carbons (Fsp3) is 0.316. The van der Waals surface area contributed by atoms with Gasteiger partial charge in [0, 0.05) is 6.54 Å². The van der Waals surface area contributed by atoms with Crippen LogP contribution >= 0.6 is 0 Å². The summed E-state index contributed by atoms with van der Waals surface area (Å²) in [6.45, 7) is 4.12. The Morgan fingerprint density at radius 1 is 1.08 bits per heavy atom. The van der Waals surface area contributed by atoms with Crippen molar-refractivity contribution in [3.05, 3.63) is 54.6 Å². The van der Waals surface area contributed by atoms with Crippen LogP contribution < -0.4 is 14.4 Å². The number of benzene rings is 2. The van der Waals surface area contributed by atoms with Crippen molar-refractivity contribution in [1.82, 2.24) is 5.32 Å². The Labute approximate surface area is 154 Å². The zero-order valence-electron chi connectivity index (χ0n) is 15.2. The van der Waals surface area contributed by atoms with Crippen LogP contribution in [0.4, 0.5) is 5.69 Å². The van der Waals surface area contributed by atoms with E-state index in [4.69, 9.17) is 4.74 Å². The highest BCUT2D eigenvalue weighted by Crippen LogP contribution is 2.33. The lowest BCUT2D eigenvalue weighted by molar-refractivity contribution is -0.119. The van der Waals surface area contributed by atoms with Gasteiger partial charge in [0.15, 0.2) is 5.75 Å². The molecule has 0 aliphatic rings. The third-order valence-corrected chi connectivity index (χ3v) is 4.63. The molecule has 7 heteroatoms. The number of nitrogens with zero attached hydrogens (tertiary/aromatic N) is 1. The van der Waals surface area contributed by atoms with Crippen LogP contribution in [0, 0.1) is 5.92 Å². The topological polar surface area (TPSA) is 75.7 Å². The van der Waals surface area contributed by atoms with E-state index in [1.807, 2.05) is 32.0 Å². The molecule has 26 heavy (non-hydrogen) atoms. The van der Waals surface area contributed by atoms with E-state index in [1.54, 1.807) is 36.4 Å². The predicted octanol–water partition coefficient (Wildman–Crippen LogP) is 3.02. The molecule has 0 aromatic heterocycles. The summed E-state index contributed by atoms with van der Waals surface area (Å²) >= 11 is 0. The summed E-state index contributed by atoms with van der Waals surface area (Å²) in [5.74, 6) is 0.858. The molecule has 2 rings (SSSR count). The first kappa shape index (κ1) is 19.8. The van der Waals surface area contributed by atoms with E-state index in [0.29, 0.717) is 23.7 Å². The van der Waals surface area contributed by atoms with Gasteiger partial charge in [0.1, 0.15) is 12.3 Å². The van der Waals surface area contributed by atoms with Crippen molar-refractivity contribution < 1.29 is 17.9 Å². The van der Waals surface area contributed by atoms with Gasteiger partial charge >= 0.3 is 0 Å². The molecule has 0 spiro atoms. The standard InChI is InChI=1S/C19H24N2O4S/c1-15(2)13-20-19(22)14-21(26(3,23)24)17-11-7-8-12-18(17)25-16-9-5-4-6-10-16/h4-12,15H,13-14H2,1-3H3,(H,20,22). The molecule has 6 nitrogen and oxygen atoms in total. The molecule has 0 bridgehead atoms. The molecule has 0 aliphatic carbocycles. The van der Waals surface area contributed by atoms with Crippen LogP contribution in [0.15, 0.2) is 54.6 Å². The number of anilines is 1. The number of carbonyl (C=O) groups is 1. The number of sulfonamides is 1. The lowest BCUT2D eigenvalue weighted by Crippen LogP contribution is -2.41. The number of hydrogen-bond acceptors (Lipinski definition) is 4. The summed E-state index contributed by atoms with van der Waals surface area (Å²) in [7, 11) is -3.67. The fourth-order valence-electron chi connectivity index (χ4n) is 2.25. The van der Waals surface area contributed by atoms with Gasteiger partial charge < -0.3 is 10.1 Å². The van der Waals surface area contributed by atoms with Crippen molar-refractivity contribution in [3.63, 3.8) is 0 Å². The Bertz CT molecular complexity index is 836. The van der Waals surface area contributed by atoms with Gasteiger partial charge in [0.25, 0.3) is 0 Å². The smallest absolute Gasteiger partial charge is 0.240 e. The number of hydrogen-bond donors (Lipinski definition) is 1. The molecule has 0 fully saturated rings. The molecule has 0 heterocycles. The van der Waals surface area contributed by atoms with Crippen molar-refractivity contribution in [1.29, 1.82) is 0 Å². The van der Waals surface area contributed by atoms with Gasteiger partial charge in [-0.25, -0.2) is 8.42 Å². The molecule has 0 unspecified atom stereocenters. The van der Waals surface area contributed by atoms with Crippen molar-refractivity contribution >= 4 is 21.6 Å². The maximum absolute atomic E-state index is 12.3. The Hall–Kier alpha value is -2.54. The van der Waals surface area contributed by atoms with Crippen LogP contribution in [0.3, 0.4) is 0 Å². The van der Waals surface area contributed by atoms with Gasteiger partial charge in [0.2, 0.25) is 15.9 Å². The van der Waals surface area contributed by atoms with E-state index < -0.39 is 10.0 Å². The number of rotatable bonds is 8. The zero-order valence-corrected chi connectivity index (χ0v) is 16.0. The monoisotopic (exact) mass is 376 g/mol. The van der Waals surface area contributed by atoms with E-state index >= 15 is 0 Å².